The summed E-state index contributed by atoms with van der Waals surface area (Å²) >= 11 is 0. The Kier molecular flexibility index (Phi) is 4.39. The lowest BCUT2D eigenvalue weighted by molar-refractivity contribution is 0.170. The van der Waals surface area contributed by atoms with Crippen molar-refractivity contribution in [2.45, 2.75) is 12.5 Å². The highest BCUT2D eigenvalue weighted by Crippen LogP contribution is 2.14. The average Bonchev–Trinajstić information content (AvgIpc) is 2.12. The first-order valence-electron chi connectivity index (χ1n) is 4.89. The third-order valence-electron chi connectivity index (χ3n) is 2.63. The Morgan fingerprint density at radius 1 is 1.21 bits per heavy atom. The molecule has 2 rings (SSSR count). The van der Waals surface area contributed by atoms with E-state index in [4.69, 9.17) is 5.73 Å². The molecule has 0 spiro atoms. The van der Waals surface area contributed by atoms with Gasteiger partial charge in [0.2, 0.25) is 0 Å². The third kappa shape index (κ3) is 2.71. The van der Waals surface area contributed by atoms with Gasteiger partial charge in [0.25, 0.3) is 0 Å². The zero-order valence-electron chi connectivity index (χ0n) is 8.23. The van der Waals surface area contributed by atoms with Crippen molar-refractivity contribution < 1.29 is 0 Å². The van der Waals surface area contributed by atoms with Crippen LogP contribution in [0.3, 0.4) is 0 Å². The Bertz CT molecular complexity index is 259. The molecule has 1 aliphatic rings. The highest BCUT2D eigenvalue weighted by Gasteiger charge is 2.17. The number of nitrogens with zero attached hydrogens (tertiary/aromatic N) is 1. The van der Waals surface area contributed by atoms with Gasteiger partial charge in [0, 0.05) is 12.6 Å². The summed E-state index contributed by atoms with van der Waals surface area (Å²) in [7, 11) is 0. The van der Waals surface area contributed by atoms with Crippen molar-refractivity contribution in [2.24, 2.45) is 5.73 Å². The van der Waals surface area contributed by atoms with Gasteiger partial charge in [-0.15, -0.1) is 12.4 Å². The minimum atomic E-state index is 0. The summed E-state index contributed by atoms with van der Waals surface area (Å²) in [4.78, 5) is 2.40. The van der Waals surface area contributed by atoms with Crippen LogP contribution in [-0.2, 0) is 0 Å². The van der Waals surface area contributed by atoms with Crippen molar-refractivity contribution in [1.29, 1.82) is 0 Å². The highest BCUT2D eigenvalue weighted by atomic mass is 35.5. The van der Waals surface area contributed by atoms with E-state index in [1.807, 2.05) is 18.2 Å². The molecule has 1 aromatic rings. The number of halogens is 1. The molecule has 0 unspecified atom stereocenters. The molecular formula is C11H17ClN2. The Morgan fingerprint density at radius 2 is 1.86 bits per heavy atom. The van der Waals surface area contributed by atoms with E-state index in [0.29, 0.717) is 0 Å². The molecule has 2 nitrogen and oxygen atoms in total. The fourth-order valence-electron chi connectivity index (χ4n) is 1.65. The van der Waals surface area contributed by atoms with Gasteiger partial charge in [0.05, 0.1) is 0 Å². The normalized spacial score (nSPS) is 18.1. The van der Waals surface area contributed by atoms with Crippen molar-refractivity contribution in [1.82, 2.24) is 4.90 Å². The zero-order chi connectivity index (χ0) is 9.10. The molecule has 0 amide bonds. The summed E-state index contributed by atoms with van der Waals surface area (Å²) in [6, 6.07) is 10.5. The second kappa shape index (κ2) is 5.35. The largest absolute Gasteiger partial charge is 0.323 e. The molecule has 0 aromatic heterocycles. The van der Waals surface area contributed by atoms with Gasteiger partial charge in [-0.2, -0.15) is 0 Å². The van der Waals surface area contributed by atoms with Gasteiger partial charge >= 0.3 is 0 Å². The predicted octanol–water partition coefficient (Wildman–Crippen LogP) is 1.81. The van der Waals surface area contributed by atoms with Crippen molar-refractivity contribution in [3.8, 4) is 0 Å². The Labute approximate surface area is 91.5 Å². The van der Waals surface area contributed by atoms with Crippen LogP contribution in [0.25, 0.3) is 0 Å². The van der Waals surface area contributed by atoms with Crippen LogP contribution in [0.15, 0.2) is 30.3 Å². The SMILES string of the molecule is Cl.N[C@@H](CN1CCC1)c1ccccc1. The molecule has 1 atom stereocenters. The van der Waals surface area contributed by atoms with Crippen LogP contribution in [0.4, 0.5) is 0 Å². The van der Waals surface area contributed by atoms with Gasteiger partial charge in [-0.05, 0) is 25.1 Å². The second-order valence-electron chi connectivity index (χ2n) is 3.67. The van der Waals surface area contributed by atoms with Gasteiger partial charge in [0.15, 0.2) is 0 Å². The molecule has 3 heteroatoms. The second-order valence-corrected chi connectivity index (χ2v) is 3.67. The molecule has 1 aromatic carbocycles. The molecule has 1 aliphatic heterocycles. The fourth-order valence-corrected chi connectivity index (χ4v) is 1.65. The zero-order valence-corrected chi connectivity index (χ0v) is 9.04. The molecule has 1 saturated heterocycles. The lowest BCUT2D eigenvalue weighted by Crippen LogP contribution is -2.41. The monoisotopic (exact) mass is 212 g/mol. The van der Waals surface area contributed by atoms with E-state index in [9.17, 15) is 0 Å². The molecule has 0 saturated carbocycles. The molecule has 1 fully saturated rings. The maximum absolute atomic E-state index is 6.06. The number of likely N-dealkylation sites (tertiary alicyclic amines) is 1. The molecule has 0 bridgehead atoms. The van der Waals surface area contributed by atoms with E-state index in [-0.39, 0.29) is 18.4 Å². The first-order chi connectivity index (χ1) is 6.36. The number of rotatable bonds is 3. The maximum Gasteiger partial charge on any atom is 0.0424 e. The van der Waals surface area contributed by atoms with Crippen molar-refractivity contribution >= 4 is 12.4 Å². The molecule has 0 aliphatic carbocycles. The topological polar surface area (TPSA) is 29.3 Å². The summed E-state index contributed by atoms with van der Waals surface area (Å²) < 4.78 is 0. The van der Waals surface area contributed by atoms with Crippen molar-refractivity contribution in [2.75, 3.05) is 19.6 Å². The van der Waals surface area contributed by atoms with E-state index in [2.05, 4.69) is 17.0 Å². The van der Waals surface area contributed by atoms with E-state index >= 15 is 0 Å². The number of benzene rings is 1. The van der Waals surface area contributed by atoms with Gasteiger partial charge in [-0.3, -0.25) is 0 Å². The first kappa shape index (κ1) is 11.5. The third-order valence-corrected chi connectivity index (χ3v) is 2.63. The van der Waals surface area contributed by atoms with Crippen molar-refractivity contribution in [3.05, 3.63) is 35.9 Å². The minimum absolute atomic E-state index is 0. The van der Waals surface area contributed by atoms with Crippen LogP contribution < -0.4 is 5.73 Å². The number of hydrogen-bond donors (Lipinski definition) is 1. The van der Waals surface area contributed by atoms with Crippen LogP contribution in [0.2, 0.25) is 0 Å². The quantitative estimate of drug-likeness (QED) is 0.828. The van der Waals surface area contributed by atoms with Crippen LogP contribution >= 0.6 is 12.4 Å². The molecule has 2 N–H and O–H groups in total. The van der Waals surface area contributed by atoms with Crippen molar-refractivity contribution in [3.63, 3.8) is 0 Å². The lowest BCUT2D eigenvalue weighted by atomic mass is 10.1. The summed E-state index contributed by atoms with van der Waals surface area (Å²) in [5.41, 5.74) is 7.31. The highest BCUT2D eigenvalue weighted by molar-refractivity contribution is 5.85. The van der Waals surface area contributed by atoms with Crippen LogP contribution in [0, 0.1) is 0 Å². The maximum atomic E-state index is 6.06. The van der Waals surface area contributed by atoms with Crippen LogP contribution in [0.1, 0.15) is 18.0 Å². The van der Waals surface area contributed by atoms with E-state index in [1.165, 1.54) is 25.1 Å². The average molecular weight is 213 g/mol. The van der Waals surface area contributed by atoms with Crippen LogP contribution in [0.5, 0.6) is 0 Å². The van der Waals surface area contributed by atoms with Gasteiger partial charge in [-0.25, -0.2) is 0 Å². The summed E-state index contributed by atoms with van der Waals surface area (Å²) in [6.45, 7) is 3.45. The molecule has 78 valence electrons. The van der Waals surface area contributed by atoms with E-state index in [1.54, 1.807) is 0 Å². The smallest absolute Gasteiger partial charge is 0.0424 e. The fraction of sp³-hybridized carbons (Fsp3) is 0.455. The lowest BCUT2D eigenvalue weighted by Gasteiger charge is -2.33. The molecule has 1 heterocycles. The Hall–Kier alpha value is -0.570. The summed E-state index contributed by atoms with van der Waals surface area (Å²) in [5.74, 6) is 0. The van der Waals surface area contributed by atoms with Gasteiger partial charge in [0.1, 0.15) is 0 Å². The van der Waals surface area contributed by atoms with Gasteiger partial charge in [-0.1, -0.05) is 30.3 Å². The van der Waals surface area contributed by atoms with Gasteiger partial charge < -0.3 is 10.6 Å². The Morgan fingerprint density at radius 3 is 2.36 bits per heavy atom. The standard InChI is InChI=1S/C11H16N2.ClH/c12-11(9-13-7-4-8-13)10-5-2-1-3-6-10;/h1-3,5-6,11H,4,7-9,12H2;1H/t11-;/m0./s1. The number of hydrogen-bond acceptors (Lipinski definition) is 2. The molecule has 14 heavy (non-hydrogen) atoms. The summed E-state index contributed by atoms with van der Waals surface area (Å²) in [6.07, 6.45) is 1.33. The summed E-state index contributed by atoms with van der Waals surface area (Å²) in [5, 5.41) is 0. The van der Waals surface area contributed by atoms with E-state index < -0.39 is 0 Å². The molecule has 0 radical (unpaired) electrons. The van der Waals surface area contributed by atoms with E-state index in [0.717, 1.165) is 6.54 Å². The minimum Gasteiger partial charge on any atom is -0.323 e. The predicted molar refractivity (Wildman–Crippen MR) is 61.7 cm³/mol. The number of nitrogens with two attached hydrogens (primary N) is 1. The first-order valence-corrected chi connectivity index (χ1v) is 4.89. The Balaban J connectivity index is 0.000000980. The molecular weight excluding hydrogens is 196 g/mol. The van der Waals surface area contributed by atoms with Crippen LogP contribution in [-0.4, -0.2) is 24.5 Å².